The molecular formula is C19H16N4O6S. The maximum atomic E-state index is 12.2. The second-order valence-electron chi connectivity index (χ2n) is 5.92. The number of carboxylic acid groups (broad SMARTS) is 2. The van der Waals surface area contributed by atoms with Gasteiger partial charge >= 0.3 is 11.9 Å². The largest absolute Gasteiger partial charge is 0.506 e. The van der Waals surface area contributed by atoms with Gasteiger partial charge in [0.1, 0.15) is 17.5 Å². The third kappa shape index (κ3) is 6.59. The topological polar surface area (TPSA) is 161 Å². The highest BCUT2D eigenvalue weighted by Gasteiger charge is 2.21. The Morgan fingerprint density at radius 3 is 2.30 bits per heavy atom. The molecule has 0 aliphatic rings. The molecule has 10 nitrogen and oxygen atoms in total. The number of isothiocyanates is 1. The lowest BCUT2D eigenvalue weighted by molar-refractivity contribution is -0.140. The Morgan fingerprint density at radius 1 is 1.03 bits per heavy atom. The molecule has 2 rings (SSSR count). The summed E-state index contributed by atoms with van der Waals surface area (Å²) in [6, 6.07) is 8.82. The van der Waals surface area contributed by atoms with Crippen LogP contribution in [-0.4, -0.2) is 44.4 Å². The molecule has 154 valence electrons. The number of aromatic hydroxyl groups is 1. The Hall–Kier alpha value is -3.95. The maximum Gasteiger partial charge on any atom is 0.326 e. The average Bonchev–Trinajstić information content (AvgIpc) is 2.71. The molecular weight excluding hydrogens is 412 g/mol. The monoisotopic (exact) mass is 428 g/mol. The number of thiocarbonyl (C=S) groups is 1. The van der Waals surface area contributed by atoms with Crippen molar-refractivity contribution in [3.63, 3.8) is 0 Å². The Labute approximate surface area is 175 Å². The zero-order valence-corrected chi connectivity index (χ0v) is 16.2. The normalized spacial score (nSPS) is 11.5. The molecule has 0 bridgehead atoms. The van der Waals surface area contributed by atoms with E-state index in [0.29, 0.717) is 11.4 Å². The van der Waals surface area contributed by atoms with Crippen molar-refractivity contribution in [1.29, 1.82) is 0 Å². The van der Waals surface area contributed by atoms with Gasteiger partial charge in [-0.2, -0.15) is 10.1 Å². The molecule has 2 aromatic rings. The zero-order chi connectivity index (χ0) is 22.1. The standard InChI is InChI=1S/C19H16N4O6S/c24-16-7-5-13(20-10-30)9-15(16)23-22-12-3-1-11(2-4-12)18(27)21-14(19(28)29)6-8-17(25)26/h1-5,7,9,14,24H,6,8H2,(H,21,27)(H,25,26)(H,28,29). The van der Waals surface area contributed by atoms with Crippen molar-refractivity contribution >= 4 is 52.3 Å². The van der Waals surface area contributed by atoms with Crippen molar-refractivity contribution < 1.29 is 29.7 Å². The summed E-state index contributed by atoms with van der Waals surface area (Å²) < 4.78 is 0. The van der Waals surface area contributed by atoms with Crippen LogP contribution in [0.1, 0.15) is 23.2 Å². The van der Waals surface area contributed by atoms with Crippen LogP contribution in [0.15, 0.2) is 57.7 Å². The number of azo groups is 1. The van der Waals surface area contributed by atoms with Crippen LogP contribution in [-0.2, 0) is 9.59 Å². The second kappa shape index (κ2) is 10.6. The molecule has 1 atom stereocenters. The number of benzene rings is 2. The number of nitrogens with one attached hydrogen (secondary N) is 1. The Bertz CT molecular complexity index is 1030. The van der Waals surface area contributed by atoms with E-state index in [2.05, 4.69) is 37.9 Å². The molecule has 0 heterocycles. The van der Waals surface area contributed by atoms with E-state index in [1.165, 1.54) is 42.5 Å². The number of nitrogens with zero attached hydrogens (tertiary/aromatic N) is 3. The third-order valence-corrected chi connectivity index (χ3v) is 3.88. The summed E-state index contributed by atoms with van der Waals surface area (Å²) in [5.74, 6) is -3.26. The lowest BCUT2D eigenvalue weighted by Gasteiger charge is -2.13. The maximum absolute atomic E-state index is 12.2. The van der Waals surface area contributed by atoms with Crippen molar-refractivity contribution in [1.82, 2.24) is 5.32 Å². The molecule has 0 radical (unpaired) electrons. The van der Waals surface area contributed by atoms with Gasteiger partial charge in [-0.25, -0.2) is 4.79 Å². The number of carbonyl (C=O) groups excluding carboxylic acids is 1. The quantitative estimate of drug-likeness (QED) is 0.269. The number of aliphatic carboxylic acids is 2. The zero-order valence-electron chi connectivity index (χ0n) is 15.3. The first-order chi connectivity index (χ1) is 14.3. The van der Waals surface area contributed by atoms with Gasteiger partial charge in [-0.1, -0.05) is 0 Å². The number of rotatable bonds is 9. The van der Waals surface area contributed by atoms with E-state index in [1.807, 2.05) is 0 Å². The molecule has 0 saturated carbocycles. The molecule has 4 N–H and O–H groups in total. The minimum atomic E-state index is -1.32. The van der Waals surface area contributed by atoms with E-state index < -0.39 is 23.9 Å². The first kappa shape index (κ1) is 22.3. The van der Waals surface area contributed by atoms with E-state index >= 15 is 0 Å². The summed E-state index contributed by atoms with van der Waals surface area (Å²) in [7, 11) is 0. The van der Waals surface area contributed by atoms with Crippen LogP contribution in [0.2, 0.25) is 0 Å². The SMILES string of the molecule is O=C(O)CCC(NC(=O)c1ccc(N=Nc2cc(N=C=S)ccc2O)cc1)C(=O)O. The van der Waals surface area contributed by atoms with Gasteiger partial charge in [0.05, 0.1) is 16.5 Å². The Balaban J connectivity index is 2.09. The first-order valence-electron chi connectivity index (χ1n) is 8.48. The summed E-state index contributed by atoms with van der Waals surface area (Å²) in [6.07, 6.45) is -0.626. The second-order valence-corrected chi connectivity index (χ2v) is 6.10. The van der Waals surface area contributed by atoms with Crippen LogP contribution in [0.5, 0.6) is 5.75 Å². The van der Waals surface area contributed by atoms with Crippen molar-refractivity contribution in [2.75, 3.05) is 0 Å². The predicted octanol–water partition coefficient (Wildman–Crippen LogP) is 3.59. The van der Waals surface area contributed by atoms with Crippen molar-refractivity contribution in [2.24, 2.45) is 15.2 Å². The van der Waals surface area contributed by atoms with Gasteiger partial charge in [-0.3, -0.25) is 9.59 Å². The fourth-order valence-electron chi connectivity index (χ4n) is 2.27. The van der Waals surface area contributed by atoms with Gasteiger partial charge in [0.15, 0.2) is 0 Å². The average molecular weight is 428 g/mol. The van der Waals surface area contributed by atoms with Crippen LogP contribution in [0, 0.1) is 0 Å². The van der Waals surface area contributed by atoms with Gasteiger partial charge in [0.2, 0.25) is 0 Å². The van der Waals surface area contributed by atoms with Crippen LogP contribution in [0.25, 0.3) is 0 Å². The molecule has 0 fully saturated rings. The molecule has 0 aliphatic heterocycles. The number of carboxylic acids is 2. The van der Waals surface area contributed by atoms with E-state index in [1.54, 1.807) is 0 Å². The van der Waals surface area contributed by atoms with Crippen molar-refractivity contribution in [2.45, 2.75) is 18.9 Å². The molecule has 2 aromatic carbocycles. The molecule has 0 aliphatic carbocycles. The smallest absolute Gasteiger partial charge is 0.326 e. The van der Waals surface area contributed by atoms with E-state index in [4.69, 9.17) is 10.2 Å². The lowest BCUT2D eigenvalue weighted by Crippen LogP contribution is -2.41. The molecule has 30 heavy (non-hydrogen) atoms. The predicted molar refractivity (Wildman–Crippen MR) is 109 cm³/mol. The number of phenols is 1. The number of amides is 1. The number of aliphatic imine (C=N–C) groups is 1. The number of hydrogen-bond acceptors (Lipinski definition) is 8. The van der Waals surface area contributed by atoms with Gasteiger partial charge < -0.3 is 20.6 Å². The van der Waals surface area contributed by atoms with Crippen LogP contribution in [0.3, 0.4) is 0 Å². The van der Waals surface area contributed by atoms with Crippen LogP contribution in [0.4, 0.5) is 17.1 Å². The van der Waals surface area contributed by atoms with E-state index in [0.717, 1.165) is 0 Å². The minimum absolute atomic E-state index is 0.112. The molecule has 0 saturated heterocycles. The Kier molecular flexibility index (Phi) is 7.86. The molecule has 11 heteroatoms. The van der Waals surface area contributed by atoms with Gasteiger partial charge in [-0.05, 0) is 61.1 Å². The van der Waals surface area contributed by atoms with E-state index in [-0.39, 0.29) is 29.8 Å². The number of hydrogen-bond donors (Lipinski definition) is 4. The highest BCUT2D eigenvalue weighted by atomic mass is 32.1. The number of carbonyl (C=O) groups is 3. The molecule has 1 unspecified atom stereocenters. The van der Waals surface area contributed by atoms with Gasteiger partial charge in [0.25, 0.3) is 5.91 Å². The van der Waals surface area contributed by atoms with Crippen molar-refractivity contribution in [3.8, 4) is 5.75 Å². The Morgan fingerprint density at radius 2 is 1.70 bits per heavy atom. The summed E-state index contributed by atoms with van der Waals surface area (Å²) >= 11 is 4.53. The fourth-order valence-corrected chi connectivity index (χ4v) is 2.38. The summed E-state index contributed by atoms with van der Waals surface area (Å²) in [4.78, 5) is 37.8. The van der Waals surface area contributed by atoms with E-state index in [9.17, 15) is 19.5 Å². The summed E-state index contributed by atoms with van der Waals surface area (Å²) in [5.41, 5.74) is 1.14. The summed E-state index contributed by atoms with van der Waals surface area (Å²) in [5, 5.41) is 40.0. The highest BCUT2D eigenvalue weighted by Crippen LogP contribution is 2.32. The fraction of sp³-hybridized carbons (Fsp3) is 0.158. The lowest BCUT2D eigenvalue weighted by atomic mass is 10.1. The summed E-state index contributed by atoms with van der Waals surface area (Å²) in [6.45, 7) is 0. The highest BCUT2D eigenvalue weighted by molar-refractivity contribution is 7.78. The molecule has 1 amide bonds. The first-order valence-corrected chi connectivity index (χ1v) is 8.89. The van der Waals surface area contributed by atoms with Crippen molar-refractivity contribution in [3.05, 3.63) is 48.0 Å². The van der Waals surface area contributed by atoms with Crippen LogP contribution >= 0.6 is 12.2 Å². The third-order valence-electron chi connectivity index (χ3n) is 3.79. The minimum Gasteiger partial charge on any atom is -0.506 e. The van der Waals surface area contributed by atoms with Gasteiger partial charge in [-0.15, -0.1) is 5.11 Å². The van der Waals surface area contributed by atoms with Gasteiger partial charge in [0, 0.05) is 12.0 Å². The number of phenolic OH excluding ortho intramolecular Hbond substituents is 1. The molecule has 0 spiro atoms. The molecule has 0 aromatic heterocycles. The van der Waals surface area contributed by atoms with Crippen LogP contribution < -0.4 is 5.32 Å².